The van der Waals surface area contributed by atoms with E-state index in [1.807, 2.05) is 24.8 Å². The standard InChI is InChI=1S/C12H15N5O2/c1-7-4-16(5-9(7)11(18)19)10-3-8(2)15-12-13-6-14-17(10)12/h3,6-7,9H,4-5H2,1-2H3,(H,18,19)/t7-,9-/m1/s1. The van der Waals surface area contributed by atoms with Gasteiger partial charge >= 0.3 is 5.97 Å². The largest absolute Gasteiger partial charge is 0.481 e. The van der Waals surface area contributed by atoms with Crippen molar-refractivity contribution in [3.63, 3.8) is 0 Å². The van der Waals surface area contributed by atoms with Crippen molar-refractivity contribution in [2.24, 2.45) is 11.8 Å². The molecular formula is C12H15N5O2. The summed E-state index contributed by atoms with van der Waals surface area (Å²) in [6.07, 6.45) is 1.46. The highest BCUT2D eigenvalue weighted by Crippen LogP contribution is 2.28. The van der Waals surface area contributed by atoms with Gasteiger partial charge in [0.15, 0.2) is 0 Å². The number of hydrogen-bond acceptors (Lipinski definition) is 5. The van der Waals surface area contributed by atoms with Crippen LogP contribution >= 0.6 is 0 Å². The van der Waals surface area contributed by atoms with Gasteiger partial charge in [-0.15, -0.1) is 0 Å². The van der Waals surface area contributed by atoms with Crippen molar-refractivity contribution in [1.82, 2.24) is 19.6 Å². The Morgan fingerprint density at radius 3 is 2.95 bits per heavy atom. The minimum absolute atomic E-state index is 0.115. The van der Waals surface area contributed by atoms with E-state index in [-0.39, 0.29) is 11.8 Å². The fraction of sp³-hybridized carbons (Fsp3) is 0.500. The molecule has 100 valence electrons. The van der Waals surface area contributed by atoms with Gasteiger partial charge in [0, 0.05) is 24.8 Å². The highest BCUT2D eigenvalue weighted by Gasteiger charge is 2.35. The topological polar surface area (TPSA) is 83.6 Å². The molecule has 1 fully saturated rings. The molecule has 0 aliphatic carbocycles. The van der Waals surface area contributed by atoms with Crippen molar-refractivity contribution in [3.05, 3.63) is 18.1 Å². The van der Waals surface area contributed by atoms with Gasteiger partial charge in [-0.2, -0.15) is 14.6 Å². The Morgan fingerprint density at radius 1 is 1.47 bits per heavy atom. The molecule has 1 aliphatic rings. The van der Waals surface area contributed by atoms with Crippen molar-refractivity contribution in [1.29, 1.82) is 0 Å². The Bertz CT molecular complexity index is 638. The number of rotatable bonds is 2. The van der Waals surface area contributed by atoms with Crippen molar-refractivity contribution in [2.45, 2.75) is 13.8 Å². The Labute approximate surface area is 109 Å². The van der Waals surface area contributed by atoms with E-state index in [9.17, 15) is 9.90 Å². The summed E-state index contributed by atoms with van der Waals surface area (Å²) in [5.74, 6) is 0.434. The predicted octanol–water partition coefficient (Wildman–Crippen LogP) is 0.590. The number of aromatic nitrogens is 4. The van der Waals surface area contributed by atoms with Crippen molar-refractivity contribution >= 4 is 17.6 Å². The van der Waals surface area contributed by atoms with Crippen LogP contribution in [-0.2, 0) is 4.79 Å². The van der Waals surface area contributed by atoms with Gasteiger partial charge in [0.05, 0.1) is 5.92 Å². The first-order valence-electron chi connectivity index (χ1n) is 6.21. The minimum atomic E-state index is -0.740. The van der Waals surface area contributed by atoms with Gasteiger partial charge in [-0.3, -0.25) is 4.79 Å². The summed E-state index contributed by atoms with van der Waals surface area (Å²) in [5.41, 5.74) is 0.849. The maximum absolute atomic E-state index is 11.2. The van der Waals surface area contributed by atoms with Crippen LogP contribution in [0.25, 0.3) is 5.78 Å². The average molecular weight is 261 g/mol. The third-order valence-corrected chi connectivity index (χ3v) is 3.61. The number of carboxylic acids is 1. The fourth-order valence-electron chi connectivity index (χ4n) is 2.61. The molecule has 0 aromatic carbocycles. The van der Waals surface area contributed by atoms with Crippen LogP contribution in [0.2, 0.25) is 0 Å². The predicted molar refractivity (Wildman–Crippen MR) is 68.0 cm³/mol. The van der Waals surface area contributed by atoms with E-state index in [0.29, 0.717) is 18.9 Å². The number of carboxylic acid groups (broad SMARTS) is 1. The summed E-state index contributed by atoms with van der Waals surface area (Å²) >= 11 is 0. The lowest BCUT2D eigenvalue weighted by Crippen LogP contribution is -2.25. The molecular weight excluding hydrogens is 246 g/mol. The molecule has 2 atom stereocenters. The molecule has 7 heteroatoms. The van der Waals surface area contributed by atoms with E-state index in [0.717, 1.165) is 11.5 Å². The first-order chi connectivity index (χ1) is 9.06. The first kappa shape index (κ1) is 11.9. The summed E-state index contributed by atoms with van der Waals surface area (Å²) < 4.78 is 1.66. The number of fused-ring (bicyclic) bond motifs is 1. The second-order valence-electron chi connectivity index (χ2n) is 5.05. The van der Waals surface area contributed by atoms with Gasteiger partial charge in [0.25, 0.3) is 5.78 Å². The SMILES string of the molecule is Cc1cc(N2C[C@@H](C)[C@H](C(=O)O)C2)n2ncnc2n1. The molecule has 1 N–H and O–H groups in total. The fourth-order valence-corrected chi connectivity index (χ4v) is 2.61. The third-order valence-electron chi connectivity index (χ3n) is 3.61. The van der Waals surface area contributed by atoms with E-state index >= 15 is 0 Å². The number of carbonyl (C=O) groups is 1. The number of nitrogens with zero attached hydrogens (tertiary/aromatic N) is 5. The first-order valence-corrected chi connectivity index (χ1v) is 6.21. The minimum Gasteiger partial charge on any atom is -0.481 e. The Kier molecular flexibility index (Phi) is 2.62. The van der Waals surface area contributed by atoms with Crippen molar-refractivity contribution in [2.75, 3.05) is 18.0 Å². The van der Waals surface area contributed by atoms with E-state index in [2.05, 4.69) is 15.1 Å². The smallest absolute Gasteiger partial charge is 0.308 e. The normalized spacial score (nSPS) is 23.2. The van der Waals surface area contributed by atoms with Crippen LogP contribution in [0.4, 0.5) is 5.82 Å². The van der Waals surface area contributed by atoms with Gasteiger partial charge in [0.1, 0.15) is 12.1 Å². The zero-order chi connectivity index (χ0) is 13.6. The molecule has 3 rings (SSSR count). The van der Waals surface area contributed by atoms with Crippen LogP contribution in [0.15, 0.2) is 12.4 Å². The van der Waals surface area contributed by atoms with Gasteiger partial charge in [-0.05, 0) is 12.8 Å². The summed E-state index contributed by atoms with van der Waals surface area (Å²) in [4.78, 5) is 21.6. The number of aryl methyl sites for hydroxylation is 1. The van der Waals surface area contributed by atoms with Crippen LogP contribution in [0.5, 0.6) is 0 Å². The molecule has 0 amide bonds. The zero-order valence-electron chi connectivity index (χ0n) is 10.8. The highest BCUT2D eigenvalue weighted by atomic mass is 16.4. The lowest BCUT2D eigenvalue weighted by Gasteiger charge is -2.18. The summed E-state index contributed by atoms with van der Waals surface area (Å²) in [7, 11) is 0. The van der Waals surface area contributed by atoms with Crippen molar-refractivity contribution in [3.8, 4) is 0 Å². The zero-order valence-corrected chi connectivity index (χ0v) is 10.8. The van der Waals surface area contributed by atoms with Crippen LogP contribution in [-0.4, -0.2) is 43.7 Å². The van der Waals surface area contributed by atoms with E-state index in [1.165, 1.54) is 6.33 Å². The highest BCUT2D eigenvalue weighted by molar-refractivity contribution is 5.72. The summed E-state index contributed by atoms with van der Waals surface area (Å²) in [6, 6.07) is 1.92. The Hall–Kier alpha value is -2.18. The van der Waals surface area contributed by atoms with Crippen molar-refractivity contribution < 1.29 is 9.90 Å². The Morgan fingerprint density at radius 2 is 2.26 bits per heavy atom. The molecule has 3 heterocycles. The summed E-state index contributed by atoms with van der Waals surface area (Å²) in [6.45, 7) is 5.06. The van der Waals surface area contributed by atoms with E-state index in [1.54, 1.807) is 4.52 Å². The lowest BCUT2D eigenvalue weighted by molar-refractivity contribution is -0.142. The molecule has 2 aromatic rings. The molecule has 0 unspecified atom stereocenters. The molecule has 7 nitrogen and oxygen atoms in total. The van der Waals surface area contributed by atoms with Crippen LogP contribution in [0, 0.1) is 18.8 Å². The maximum Gasteiger partial charge on any atom is 0.308 e. The number of hydrogen-bond donors (Lipinski definition) is 1. The molecule has 2 aromatic heterocycles. The van der Waals surface area contributed by atoms with Gasteiger partial charge < -0.3 is 10.0 Å². The molecule has 0 spiro atoms. The van der Waals surface area contributed by atoms with Crippen LogP contribution in [0.3, 0.4) is 0 Å². The molecule has 0 radical (unpaired) electrons. The molecule has 19 heavy (non-hydrogen) atoms. The summed E-state index contributed by atoms with van der Waals surface area (Å²) in [5, 5.41) is 13.4. The second kappa shape index (κ2) is 4.18. The van der Waals surface area contributed by atoms with Gasteiger partial charge in [-0.1, -0.05) is 6.92 Å². The third kappa shape index (κ3) is 1.91. The molecule has 0 saturated carbocycles. The van der Waals surface area contributed by atoms with Crippen LogP contribution < -0.4 is 4.90 Å². The van der Waals surface area contributed by atoms with Crippen LogP contribution in [0.1, 0.15) is 12.6 Å². The Balaban J connectivity index is 2.01. The molecule has 1 saturated heterocycles. The van der Waals surface area contributed by atoms with Gasteiger partial charge in [-0.25, -0.2) is 4.98 Å². The van der Waals surface area contributed by atoms with E-state index < -0.39 is 5.97 Å². The second-order valence-corrected chi connectivity index (χ2v) is 5.05. The molecule has 0 bridgehead atoms. The van der Waals surface area contributed by atoms with E-state index in [4.69, 9.17) is 0 Å². The number of aliphatic carboxylic acids is 1. The molecule has 1 aliphatic heterocycles. The quantitative estimate of drug-likeness (QED) is 0.851. The number of anilines is 1. The monoisotopic (exact) mass is 261 g/mol. The average Bonchev–Trinajstić information content (AvgIpc) is 2.93. The van der Waals surface area contributed by atoms with Gasteiger partial charge in [0.2, 0.25) is 0 Å². The maximum atomic E-state index is 11.2. The lowest BCUT2D eigenvalue weighted by atomic mass is 9.99.